The maximum Gasteiger partial charge on any atom is 0.341 e. The first-order chi connectivity index (χ1) is 21.2. The first-order valence-corrected chi connectivity index (χ1v) is 15.7. The van der Waals surface area contributed by atoms with E-state index in [1.54, 1.807) is 30.5 Å². The van der Waals surface area contributed by atoms with E-state index in [0.717, 1.165) is 47.0 Å². The van der Waals surface area contributed by atoms with Gasteiger partial charge >= 0.3 is 5.97 Å². The molecule has 0 bridgehead atoms. The molecule has 4 aromatic rings. The maximum atomic E-state index is 13.4. The molecular weight excluding hydrogens is 605 g/mol. The Balaban J connectivity index is 1.35. The molecule has 2 aromatic heterocycles. The van der Waals surface area contributed by atoms with Crippen molar-refractivity contribution in [1.29, 1.82) is 0 Å². The summed E-state index contributed by atoms with van der Waals surface area (Å²) in [6, 6.07) is 15.2. The van der Waals surface area contributed by atoms with E-state index < -0.39 is 16.1 Å². The molecule has 0 saturated heterocycles. The summed E-state index contributed by atoms with van der Waals surface area (Å²) in [5.41, 5.74) is 2.68. The smallest absolute Gasteiger partial charge is 0.341 e. The number of fused-ring (bicyclic) bond motifs is 1. The number of nitro benzene ring substituents is 1. The van der Waals surface area contributed by atoms with E-state index in [4.69, 9.17) is 4.74 Å². The van der Waals surface area contributed by atoms with Gasteiger partial charge in [-0.3, -0.25) is 24.3 Å². The molecule has 44 heavy (non-hydrogen) atoms. The van der Waals surface area contributed by atoms with Gasteiger partial charge in [-0.2, -0.15) is 0 Å². The van der Waals surface area contributed by atoms with E-state index in [1.807, 2.05) is 30.3 Å². The van der Waals surface area contributed by atoms with Crippen LogP contribution in [-0.4, -0.2) is 49.3 Å². The van der Waals surface area contributed by atoms with Gasteiger partial charge in [-0.1, -0.05) is 42.1 Å². The fourth-order valence-corrected chi connectivity index (χ4v) is 7.00. The van der Waals surface area contributed by atoms with Gasteiger partial charge in [-0.25, -0.2) is 4.79 Å². The number of nitro groups is 1. The number of hydrogen-bond acceptors (Lipinski definition) is 10. The molecule has 14 heteroatoms. The summed E-state index contributed by atoms with van der Waals surface area (Å²) < 4.78 is 6.93. The number of nitrogens with one attached hydrogen (secondary N) is 2. The van der Waals surface area contributed by atoms with Crippen molar-refractivity contribution in [1.82, 2.24) is 20.1 Å². The minimum atomic E-state index is -0.663. The number of nitrogens with zero attached hydrogens (tertiary/aromatic N) is 4. The van der Waals surface area contributed by atoms with Gasteiger partial charge in [0.2, 0.25) is 11.8 Å². The minimum absolute atomic E-state index is 0.0421. The minimum Gasteiger partial charge on any atom is -0.462 e. The average Bonchev–Trinajstić information content (AvgIpc) is 3.71. The molecule has 2 aromatic carbocycles. The highest BCUT2D eigenvalue weighted by Crippen LogP contribution is 2.40. The Morgan fingerprint density at radius 3 is 2.57 bits per heavy atom. The van der Waals surface area contributed by atoms with Crippen molar-refractivity contribution in [2.24, 2.45) is 0 Å². The molecule has 0 aliphatic heterocycles. The number of hydrogen-bond donors (Lipinski definition) is 2. The molecule has 1 unspecified atom stereocenters. The van der Waals surface area contributed by atoms with E-state index in [2.05, 4.69) is 20.8 Å². The molecule has 0 fully saturated rings. The lowest BCUT2D eigenvalue weighted by molar-refractivity contribution is -0.384. The summed E-state index contributed by atoms with van der Waals surface area (Å²) in [5.74, 6) is -0.609. The predicted octanol–water partition coefficient (Wildman–Crippen LogP) is 4.88. The summed E-state index contributed by atoms with van der Waals surface area (Å²) in [4.78, 5) is 50.6. The highest BCUT2D eigenvalue weighted by Gasteiger charge is 2.30. The monoisotopic (exact) mass is 634 g/mol. The van der Waals surface area contributed by atoms with Crippen molar-refractivity contribution in [2.45, 2.75) is 56.5 Å². The Labute approximate surface area is 261 Å². The van der Waals surface area contributed by atoms with Crippen LogP contribution < -0.4 is 10.6 Å². The van der Waals surface area contributed by atoms with Gasteiger partial charge in [-0.05, 0) is 56.4 Å². The van der Waals surface area contributed by atoms with Gasteiger partial charge < -0.3 is 15.4 Å². The van der Waals surface area contributed by atoms with Crippen molar-refractivity contribution in [3.63, 3.8) is 0 Å². The van der Waals surface area contributed by atoms with Crippen LogP contribution in [0.1, 0.15) is 52.5 Å². The third-order valence-corrected chi connectivity index (χ3v) is 9.21. The summed E-state index contributed by atoms with van der Waals surface area (Å²) in [6.45, 7) is 3.73. The molecule has 12 nitrogen and oxygen atoms in total. The molecule has 5 rings (SSSR count). The van der Waals surface area contributed by atoms with Crippen molar-refractivity contribution in [3.05, 3.63) is 92.1 Å². The molecule has 0 radical (unpaired) electrons. The van der Waals surface area contributed by atoms with Gasteiger partial charge in [0.25, 0.3) is 5.69 Å². The van der Waals surface area contributed by atoms with E-state index >= 15 is 0 Å². The van der Waals surface area contributed by atoms with Gasteiger partial charge in [0.05, 0.1) is 35.3 Å². The third-order valence-electron chi connectivity index (χ3n) is 6.96. The second kappa shape index (κ2) is 13.8. The largest absolute Gasteiger partial charge is 0.462 e. The third kappa shape index (κ3) is 6.97. The predicted molar refractivity (Wildman–Crippen MR) is 166 cm³/mol. The number of esters is 1. The quantitative estimate of drug-likeness (QED) is 0.0959. The summed E-state index contributed by atoms with van der Waals surface area (Å²) in [6.07, 6.45) is 2.77. The van der Waals surface area contributed by atoms with E-state index in [0.29, 0.717) is 27.2 Å². The lowest BCUT2D eigenvalue weighted by Gasteiger charge is -2.14. The number of amides is 2. The van der Waals surface area contributed by atoms with Gasteiger partial charge in [0.1, 0.15) is 5.00 Å². The van der Waals surface area contributed by atoms with Crippen LogP contribution in [0.3, 0.4) is 0 Å². The number of rotatable bonds is 12. The molecule has 0 saturated carbocycles. The number of anilines is 1. The van der Waals surface area contributed by atoms with E-state index in [9.17, 15) is 24.5 Å². The second-order valence-electron chi connectivity index (χ2n) is 9.98. The first-order valence-electron chi connectivity index (χ1n) is 14.0. The Morgan fingerprint density at radius 2 is 1.86 bits per heavy atom. The number of carbonyl (C=O) groups is 3. The fourth-order valence-electron chi connectivity index (χ4n) is 4.83. The van der Waals surface area contributed by atoms with Gasteiger partial charge in [0, 0.05) is 22.7 Å². The van der Waals surface area contributed by atoms with Crippen molar-refractivity contribution < 1.29 is 24.0 Å². The zero-order valence-electron chi connectivity index (χ0n) is 24.1. The number of aromatic nitrogens is 3. The topological polar surface area (TPSA) is 158 Å². The Kier molecular flexibility index (Phi) is 9.70. The maximum absolute atomic E-state index is 13.4. The highest BCUT2D eigenvalue weighted by atomic mass is 32.2. The molecular formula is C30H30N6O6S2. The Morgan fingerprint density at radius 1 is 1.11 bits per heavy atom. The van der Waals surface area contributed by atoms with Crippen LogP contribution in [0.5, 0.6) is 0 Å². The number of non-ortho nitro benzene ring substituents is 1. The molecule has 2 amide bonds. The zero-order valence-corrected chi connectivity index (χ0v) is 25.7. The van der Waals surface area contributed by atoms with E-state index in [-0.39, 0.29) is 37.1 Å². The summed E-state index contributed by atoms with van der Waals surface area (Å²) >= 11 is 2.54. The Hall–Kier alpha value is -4.56. The van der Waals surface area contributed by atoms with Crippen LogP contribution in [0.4, 0.5) is 10.7 Å². The van der Waals surface area contributed by atoms with E-state index in [1.165, 1.54) is 23.5 Å². The number of benzene rings is 2. The lowest BCUT2D eigenvalue weighted by atomic mass is 10.1. The standard InChI is InChI=1S/C30H30N6O6S2/c1-3-42-29(39)26-22-10-7-11-23(22)44-28(26)32-27(38)18(2)43-30-34-33-24(17-31-25(37)16-19-8-5-4-6-9-19)35(30)20-12-14-21(15-13-20)36(40)41/h4-6,8-9,12-15,18H,3,7,10-11,16-17H2,1-2H3,(H,31,37)(H,32,38). The number of carbonyl (C=O) groups excluding carboxylic acids is 3. The zero-order chi connectivity index (χ0) is 31.2. The van der Waals surface area contributed by atoms with Gasteiger partial charge in [-0.15, -0.1) is 21.5 Å². The summed E-state index contributed by atoms with van der Waals surface area (Å²) in [7, 11) is 0. The molecule has 2 heterocycles. The Bertz CT molecular complexity index is 1690. The number of ether oxygens (including phenoxy) is 1. The molecule has 0 spiro atoms. The molecule has 1 aliphatic carbocycles. The highest BCUT2D eigenvalue weighted by molar-refractivity contribution is 8.00. The lowest BCUT2D eigenvalue weighted by Crippen LogP contribution is -2.26. The normalized spacial score (nSPS) is 12.8. The SMILES string of the molecule is CCOC(=O)c1c(NC(=O)C(C)Sc2nnc(CNC(=O)Cc3ccccc3)n2-c2ccc([N+](=O)[O-])cc2)sc2c1CCC2. The molecule has 2 N–H and O–H groups in total. The first kappa shape index (κ1) is 30.9. The van der Waals surface area contributed by atoms with Crippen LogP contribution in [-0.2, 0) is 40.1 Å². The molecule has 1 aliphatic rings. The van der Waals surface area contributed by atoms with Crippen LogP contribution in [0.2, 0.25) is 0 Å². The second-order valence-corrected chi connectivity index (χ2v) is 12.4. The van der Waals surface area contributed by atoms with Crippen LogP contribution >= 0.6 is 23.1 Å². The van der Waals surface area contributed by atoms with Crippen molar-refractivity contribution >= 4 is 51.6 Å². The molecule has 228 valence electrons. The number of aryl methyl sites for hydroxylation is 1. The van der Waals surface area contributed by atoms with Crippen molar-refractivity contribution in [2.75, 3.05) is 11.9 Å². The fraction of sp³-hybridized carbons (Fsp3) is 0.300. The van der Waals surface area contributed by atoms with Crippen LogP contribution in [0, 0.1) is 10.1 Å². The van der Waals surface area contributed by atoms with Gasteiger partial charge in [0.15, 0.2) is 11.0 Å². The number of thiophene rings is 1. The average molecular weight is 635 g/mol. The summed E-state index contributed by atoms with van der Waals surface area (Å²) in [5, 5.41) is 25.7. The molecule has 1 atom stereocenters. The van der Waals surface area contributed by atoms with Crippen molar-refractivity contribution in [3.8, 4) is 5.69 Å². The number of thioether (sulfide) groups is 1. The van der Waals surface area contributed by atoms with Crippen LogP contribution in [0.15, 0.2) is 59.8 Å². The van der Waals surface area contributed by atoms with Crippen LogP contribution in [0.25, 0.3) is 5.69 Å².